The van der Waals surface area contributed by atoms with Crippen LogP contribution in [0.1, 0.15) is 30.0 Å². The molecule has 0 spiro atoms. The van der Waals surface area contributed by atoms with Gasteiger partial charge in [0.05, 0.1) is 11.3 Å². The standard InChI is InChI=1S/C21H19F3N2O3S2/c1-12-10-15(8-9-16(12)29-20(2,3)19(27)28)30-11-17-25-26-18(31-17)13-4-6-14(7-5-13)21(22,23)24/h4-10H,11H2,1-3H3,(H,27,28). The summed E-state index contributed by atoms with van der Waals surface area (Å²) in [6, 6.07) is 10.3. The van der Waals surface area contributed by atoms with E-state index < -0.39 is 23.3 Å². The predicted molar refractivity (Wildman–Crippen MR) is 113 cm³/mol. The molecule has 1 aromatic heterocycles. The van der Waals surface area contributed by atoms with Gasteiger partial charge in [-0.05, 0) is 56.7 Å². The quantitative estimate of drug-likeness (QED) is 0.425. The first kappa shape index (κ1) is 23.1. The Labute approximate surface area is 185 Å². The monoisotopic (exact) mass is 468 g/mol. The van der Waals surface area contributed by atoms with Gasteiger partial charge in [-0.25, -0.2) is 4.79 Å². The normalized spacial score (nSPS) is 12.1. The Morgan fingerprint density at radius 3 is 2.39 bits per heavy atom. The molecule has 3 aromatic rings. The molecule has 0 saturated carbocycles. The number of rotatable bonds is 7. The van der Waals surface area contributed by atoms with E-state index in [-0.39, 0.29) is 0 Å². The largest absolute Gasteiger partial charge is 0.478 e. The van der Waals surface area contributed by atoms with E-state index in [1.165, 1.54) is 49.1 Å². The van der Waals surface area contributed by atoms with Crippen LogP contribution in [0.4, 0.5) is 13.2 Å². The third-order valence-corrected chi connectivity index (χ3v) is 6.47. The summed E-state index contributed by atoms with van der Waals surface area (Å²) in [5, 5.41) is 18.7. The number of halogens is 3. The number of nitrogens with zero attached hydrogens (tertiary/aromatic N) is 2. The molecule has 1 heterocycles. The topological polar surface area (TPSA) is 72.3 Å². The lowest BCUT2D eigenvalue weighted by atomic mass is 10.1. The Morgan fingerprint density at radius 1 is 1.13 bits per heavy atom. The fourth-order valence-electron chi connectivity index (χ4n) is 2.52. The third-order valence-electron chi connectivity index (χ3n) is 4.31. The van der Waals surface area contributed by atoms with Gasteiger partial charge in [0.25, 0.3) is 0 Å². The summed E-state index contributed by atoms with van der Waals surface area (Å²) in [6.07, 6.45) is -4.37. The molecule has 0 unspecified atom stereocenters. The van der Waals surface area contributed by atoms with Crippen LogP contribution < -0.4 is 4.74 Å². The Hall–Kier alpha value is -2.59. The van der Waals surface area contributed by atoms with Gasteiger partial charge >= 0.3 is 12.1 Å². The Morgan fingerprint density at radius 2 is 1.81 bits per heavy atom. The number of aromatic nitrogens is 2. The van der Waals surface area contributed by atoms with Crippen LogP contribution in [-0.2, 0) is 16.7 Å². The fourth-order valence-corrected chi connectivity index (χ4v) is 4.35. The van der Waals surface area contributed by atoms with E-state index in [4.69, 9.17) is 4.74 Å². The Bertz CT molecular complexity index is 1080. The SMILES string of the molecule is Cc1cc(SCc2nnc(-c3ccc(C(F)(F)F)cc3)s2)ccc1OC(C)(C)C(=O)O. The maximum atomic E-state index is 12.7. The van der Waals surface area contributed by atoms with Gasteiger partial charge in [0, 0.05) is 10.5 Å². The molecule has 0 bridgehead atoms. The Balaban J connectivity index is 1.64. The molecule has 1 N–H and O–H groups in total. The van der Waals surface area contributed by atoms with E-state index in [0.717, 1.165) is 27.6 Å². The molecule has 3 rings (SSSR count). The van der Waals surface area contributed by atoms with Crippen molar-refractivity contribution < 1.29 is 27.8 Å². The fraction of sp³-hybridized carbons (Fsp3) is 0.286. The van der Waals surface area contributed by atoms with Crippen molar-refractivity contribution >= 4 is 29.1 Å². The average Bonchev–Trinajstić information content (AvgIpc) is 3.16. The lowest BCUT2D eigenvalue weighted by Crippen LogP contribution is -2.38. The summed E-state index contributed by atoms with van der Waals surface area (Å²) < 4.78 is 43.7. The highest BCUT2D eigenvalue weighted by Gasteiger charge is 2.30. The average molecular weight is 469 g/mol. The summed E-state index contributed by atoms with van der Waals surface area (Å²) in [7, 11) is 0. The van der Waals surface area contributed by atoms with Crippen molar-refractivity contribution in [3.05, 3.63) is 58.6 Å². The van der Waals surface area contributed by atoms with E-state index in [2.05, 4.69) is 10.2 Å². The molecule has 2 aromatic carbocycles. The number of carboxylic acids is 1. The third kappa shape index (κ3) is 5.76. The smallest absolute Gasteiger partial charge is 0.416 e. The predicted octanol–water partition coefficient (Wildman–Crippen LogP) is 6.07. The number of hydrogen-bond donors (Lipinski definition) is 1. The number of ether oxygens (including phenoxy) is 1. The second-order valence-corrected chi connectivity index (χ2v) is 9.32. The minimum atomic E-state index is -4.37. The molecular formula is C21H19F3N2O3S2. The minimum Gasteiger partial charge on any atom is -0.478 e. The van der Waals surface area contributed by atoms with Gasteiger partial charge in [0.15, 0.2) is 5.60 Å². The lowest BCUT2D eigenvalue weighted by molar-refractivity contribution is -0.152. The zero-order valence-corrected chi connectivity index (χ0v) is 18.5. The van der Waals surface area contributed by atoms with Gasteiger partial charge in [-0.15, -0.1) is 22.0 Å². The highest BCUT2D eigenvalue weighted by Crippen LogP contribution is 2.34. The molecule has 164 valence electrons. The van der Waals surface area contributed by atoms with E-state index >= 15 is 0 Å². The van der Waals surface area contributed by atoms with Gasteiger partial charge in [-0.3, -0.25) is 0 Å². The molecule has 0 atom stereocenters. The number of alkyl halides is 3. The number of aliphatic carboxylic acids is 1. The van der Waals surface area contributed by atoms with Crippen LogP contribution in [-0.4, -0.2) is 26.9 Å². The first-order valence-electron chi connectivity index (χ1n) is 9.11. The molecular weight excluding hydrogens is 449 g/mol. The summed E-state index contributed by atoms with van der Waals surface area (Å²) in [5.41, 5.74) is -0.644. The second kappa shape index (κ2) is 8.88. The second-order valence-electron chi connectivity index (χ2n) is 7.21. The van der Waals surface area contributed by atoms with Crippen molar-refractivity contribution in [2.45, 2.75) is 43.2 Å². The molecule has 10 heteroatoms. The maximum absolute atomic E-state index is 12.7. The van der Waals surface area contributed by atoms with Crippen LogP contribution in [0.2, 0.25) is 0 Å². The summed E-state index contributed by atoms with van der Waals surface area (Å²) in [6.45, 7) is 4.81. The summed E-state index contributed by atoms with van der Waals surface area (Å²) in [5.74, 6) is -0.0128. The van der Waals surface area contributed by atoms with Crippen molar-refractivity contribution in [2.75, 3.05) is 0 Å². The first-order chi connectivity index (χ1) is 14.5. The lowest BCUT2D eigenvalue weighted by Gasteiger charge is -2.22. The van der Waals surface area contributed by atoms with Gasteiger partial charge in [0.2, 0.25) is 0 Å². The van der Waals surface area contributed by atoms with Crippen LogP contribution in [0.3, 0.4) is 0 Å². The summed E-state index contributed by atoms with van der Waals surface area (Å²) in [4.78, 5) is 12.2. The van der Waals surface area contributed by atoms with E-state index in [9.17, 15) is 23.1 Å². The molecule has 5 nitrogen and oxygen atoms in total. The number of hydrogen-bond acceptors (Lipinski definition) is 6. The van der Waals surface area contributed by atoms with Crippen LogP contribution >= 0.6 is 23.1 Å². The molecule has 0 aliphatic carbocycles. The molecule has 0 fully saturated rings. The molecule has 31 heavy (non-hydrogen) atoms. The van der Waals surface area contributed by atoms with Crippen LogP contribution in [0.5, 0.6) is 5.75 Å². The number of benzene rings is 2. The van der Waals surface area contributed by atoms with E-state index in [1.807, 2.05) is 19.1 Å². The van der Waals surface area contributed by atoms with Crippen molar-refractivity contribution in [1.29, 1.82) is 0 Å². The van der Waals surface area contributed by atoms with E-state index in [0.29, 0.717) is 22.1 Å². The van der Waals surface area contributed by atoms with Crippen molar-refractivity contribution in [2.24, 2.45) is 0 Å². The number of carboxylic acid groups (broad SMARTS) is 1. The molecule has 0 aliphatic heterocycles. The summed E-state index contributed by atoms with van der Waals surface area (Å²) >= 11 is 2.85. The Kier molecular flexibility index (Phi) is 6.61. The molecule has 0 amide bonds. The molecule has 0 aliphatic rings. The highest BCUT2D eigenvalue weighted by atomic mass is 32.2. The van der Waals surface area contributed by atoms with Crippen molar-refractivity contribution in [3.63, 3.8) is 0 Å². The minimum absolute atomic E-state index is 0.497. The van der Waals surface area contributed by atoms with Gasteiger partial charge < -0.3 is 9.84 Å². The number of carbonyl (C=O) groups is 1. The van der Waals surface area contributed by atoms with Gasteiger partial charge in [-0.2, -0.15) is 13.2 Å². The van der Waals surface area contributed by atoms with Crippen LogP contribution in [0.15, 0.2) is 47.4 Å². The zero-order valence-electron chi connectivity index (χ0n) is 16.9. The number of thioether (sulfide) groups is 1. The first-order valence-corrected chi connectivity index (χ1v) is 10.9. The molecule has 0 saturated heterocycles. The van der Waals surface area contributed by atoms with Crippen molar-refractivity contribution in [3.8, 4) is 16.3 Å². The highest BCUT2D eigenvalue weighted by molar-refractivity contribution is 7.98. The van der Waals surface area contributed by atoms with Crippen LogP contribution in [0, 0.1) is 6.92 Å². The van der Waals surface area contributed by atoms with Crippen LogP contribution in [0.25, 0.3) is 10.6 Å². The maximum Gasteiger partial charge on any atom is 0.416 e. The van der Waals surface area contributed by atoms with E-state index in [1.54, 1.807) is 6.07 Å². The van der Waals surface area contributed by atoms with Gasteiger partial charge in [0.1, 0.15) is 15.8 Å². The van der Waals surface area contributed by atoms with Crippen molar-refractivity contribution in [1.82, 2.24) is 10.2 Å². The zero-order chi connectivity index (χ0) is 22.8. The van der Waals surface area contributed by atoms with Gasteiger partial charge in [-0.1, -0.05) is 23.5 Å². The molecule has 0 radical (unpaired) electrons. The number of aryl methyl sites for hydroxylation is 1.